The van der Waals surface area contributed by atoms with Crippen LogP contribution in [0.15, 0.2) is 54.6 Å². The van der Waals surface area contributed by atoms with Crippen molar-refractivity contribution < 1.29 is 33.0 Å². The molecule has 0 aromatic heterocycles. The van der Waals surface area contributed by atoms with Crippen molar-refractivity contribution in [2.45, 2.75) is 77.0 Å². The van der Waals surface area contributed by atoms with Crippen molar-refractivity contribution >= 4 is 18.0 Å². The van der Waals surface area contributed by atoms with Crippen molar-refractivity contribution in [1.29, 1.82) is 0 Å². The monoisotopic (exact) mass is 526 g/mol. The maximum atomic E-state index is 13.3. The number of amides is 2. The summed E-state index contributed by atoms with van der Waals surface area (Å²) in [6.45, 7) is 6.41. The van der Waals surface area contributed by atoms with Crippen molar-refractivity contribution in [3.8, 4) is 0 Å². The number of esters is 1. The number of hydrogen-bond acceptors (Lipinski definition) is 6. The van der Waals surface area contributed by atoms with Gasteiger partial charge in [-0.25, -0.2) is 9.18 Å². The molecule has 0 aliphatic carbocycles. The van der Waals surface area contributed by atoms with Gasteiger partial charge in [-0.1, -0.05) is 42.5 Å². The minimum absolute atomic E-state index is 0.0151. The lowest BCUT2D eigenvalue weighted by atomic mass is 10.1. The van der Waals surface area contributed by atoms with Crippen LogP contribution >= 0.6 is 0 Å². The molecule has 0 bridgehead atoms. The number of rotatable bonds is 8. The van der Waals surface area contributed by atoms with Crippen molar-refractivity contribution in [2.24, 2.45) is 0 Å². The molecule has 8 nitrogen and oxygen atoms in total. The van der Waals surface area contributed by atoms with Gasteiger partial charge in [0.05, 0.1) is 31.2 Å². The predicted octanol–water partition coefficient (Wildman–Crippen LogP) is 4.45. The Labute approximate surface area is 222 Å². The van der Waals surface area contributed by atoms with Crippen molar-refractivity contribution in [3.05, 3.63) is 71.5 Å². The molecular weight excluding hydrogens is 491 g/mol. The van der Waals surface area contributed by atoms with Gasteiger partial charge in [0, 0.05) is 19.5 Å². The summed E-state index contributed by atoms with van der Waals surface area (Å²) < 4.78 is 30.5. The van der Waals surface area contributed by atoms with Crippen LogP contribution in [0.2, 0.25) is 0 Å². The second kappa shape index (κ2) is 11.9. The Bertz CT molecular complexity index is 1120. The molecule has 9 heteroatoms. The molecule has 2 aliphatic rings. The summed E-state index contributed by atoms with van der Waals surface area (Å²) in [4.78, 5) is 41.8. The van der Waals surface area contributed by atoms with Crippen LogP contribution in [0.25, 0.3) is 0 Å². The molecule has 0 N–H and O–H groups in total. The third kappa shape index (κ3) is 7.10. The van der Waals surface area contributed by atoms with Gasteiger partial charge in [0.25, 0.3) is 0 Å². The lowest BCUT2D eigenvalue weighted by Gasteiger charge is -2.28. The summed E-state index contributed by atoms with van der Waals surface area (Å²) in [6, 6.07) is 14.8. The lowest BCUT2D eigenvalue weighted by Crippen LogP contribution is -2.45. The van der Waals surface area contributed by atoms with Gasteiger partial charge >= 0.3 is 12.1 Å². The Kier molecular flexibility index (Phi) is 8.66. The minimum Gasteiger partial charge on any atom is -0.460 e. The van der Waals surface area contributed by atoms with Crippen molar-refractivity contribution in [1.82, 2.24) is 9.80 Å². The van der Waals surface area contributed by atoms with E-state index >= 15 is 0 Å². The molecule has 2 fully saturated rings. The first-order chi connectivity index (χ1) is 18.1. The molecule has 0 spiro atoms. The van der Waals surface area contributed by atoms with Gasteiger partial charge in [0.1, 0.15) is 18.0 Å². The fraction of sp³-hybridized carbons (Fsp3) is 0.483. The number of ether oxygens (including phenoxy) is 3. The highest BCUT2D eigenvalue weighted by Gasteiger charge is 2.52. The number of fused-ring (bicyclic) bond motifs is 1. The van der Waals surface area contributed by atoms with E-state index in [1.165, 1.54) is 12.1 Å². The molecule has 4 rings (SSSR count). The van der Waals surface area contributed by atoms with E-state index in [0.717, 1.165) is 11.1 Å². The topological polar surface area (TPSA) is 85.4 Å². The van der Waals surface area contributed by atoms with Crippen LogP contribution in [-0.2, 0) is 37.0 Å². The Balaban J connectivity index is 1.43. The van der Waals surface area contributed by atoms with Gasteiger partial charge < -0.3 is 24.0 Å². The molecule has 2 aliphatic heterocycles. The summed E-state index contributed by atoms with van der Waals surface area (Å²) in [7, 11) is 0. The summed E-state index contributed by atoms with van der Waals surface area (Å²) in [5.74, 6) is -0.943. The van der Waals surface area contributed by atoms with E-state index in [-0.39, 0.29) is 56.4 Å². The second-order valence-corrected chi connectivity index (χ2v) is 10.7. The van der Waals surface area contributed by atoms with Crippen LogP contribution in [0.1, 0.15) is 51.2 Å². The van der Waals surface area contributed by atoms with Crippen LogP contribution in [0.4, 0.5) is 9.18 Å². The maximum Gasteiger partial charge on any atom is 0.410 e. The van der Waals surface area contributed by atoms with E-state index in [1.54, 1.807) is 42.7 Å². The Morgan fingerprint density at radius 1 is 0.921 bits per heavy atom. The van der Waals surface area contributed by atoms with Gasteiger partial charge in [0.15, 0.2) is 0 Å². The molecule has 2 heterocycles. The number of benzene rings is 2. The smallest absolute Gasteiger partial charge is 0.410 e. The Hall–Kier alpha value is -3.46. The Morgan fingerprint density at radius 3 is 2.29 bits per heavy atom. The van der Waals surface area contributed by atoms with Crippen LogP contribution in [-0.4, -0.2) is 64.6 Å². The highest BCUT2D eigenvalue weighted by atomic mass is 19.1. The first-order valence-electron chi connectivity index (χ1n) is 13.0. The fourth-order valence-electron chi connectivity index (χ4n) is 5.01. The largest absolute Gasteiger partial charge is 0.460 e. The van der Waals surface area contributed by atoms with E-state index in [4.69, 9.17) is 14.2 Å². The predicted molar refractivity (Wildman–Crippen MR) is 137 cm³/mol. The molecular formula is C29H35FN2O6. The van der Waals surface area contributed by atoms with Crippen LogP contribution in [0.3, 0.4) is 0 Å². The quantitative estimate of drug-likeness (QED) is 0.473. The zero-order chi connectivity index (χ0) is 27.3. The van der Waals surface area contributed by atoms with Gasteiger partial charge in [-0.15, -0.1) is 0 Å². The SMILES string of the molecule is CC(C)(C)OC(=O)CCC(=O)N1C[C@H](OCc2ccc(F)cc2)[C@@H]2[C@H]1CCN2C(=O)OCc1ccccc1. The number of carbonyl (C=O) groups excluding carboxylic acids is 3. The van der Waals surface area contributed by atoms with Crippen molar-refractivity contribution in [2.75, 3.05) is 13.1 Å². The molecule has 2 amide bonds. The maximum absolute atomic E-state index is 13.3. The molecule has 204 valence electrons. The third-order valence-corrected chi connectivity index (χ3v) is 6.68. The molecule has 0 unspecified atom stereocenters. The third-order valence-electron chi connectivity index (χ3n) is 6.68. The van der Waals surface area contributed by atoms with E-state index in [9.17, 15) is 18.8 Å². The molecule has 2 aromatic carbocycles. The molecule has 38 heavy (non-hydrogen) atoms. The number of hydrogen-bond donors (Lipinski definition) is 0. The lowest BCUT2D eigenvalue weighted by molar-refractivity contribution is -0.156. The van der Waals surface area contributed by atoms with Gasteiger partial charge in [-0.05, 0) is 50.5 Å². The summed E-state index contributed by atoms with van der Waals surface area (Å²) >= 11 is 0. The number of likely N-dealkylation sites (tertiary alicyclic amines) is 2. The van der Waals surface area contributed by atoms with Crippen LogP contribution in [0, 0.1) is 5.82 Å². The second-order valence-electron chi connectivity index (χ2n) is 10.7. The molecule has 3 atom stereocenters. The first-order valence-corrected chi connectivity index (χ1v) is 13.0. The Morgan fingerprint density at radius 2 is 1.61 bits per heavy atom. The molecule has 2 saturated heterocycles. The highest BCUT2D eigenvalue weighted by Crippen LogP contribution is 2.35. The minimum atomic E-state index is -0.621. The van der Waals surface area contributed by atoms with E-state index in [2.05, 4.69) is 0 Å². The number of nitrogens with zero attached hydrogens (tertiary/aromatic N) is 2. The first kappa shape index (κ1) is 27.6. The molecule has 2 aromatic rings. The summed E-state index contributed by atoms with van der Waals surface area (Å²) in [5, 5.41) is 0. The molecule has 0 radical (unpaired) electrons. The summed E-state index contributed by atoms with van der Waals surface area (Å²) in [5.41, 5.74) is 1.05. The van der Waals surface area contributed by atoms with Gasteiger partial charge in [0.2, 0.25) is 5.91 Å². The van der Waals surface area contributed by atoms with Crippen LogP contribution < -0.4 is 0 Å². The van der Waals surface area contributed by atoms with E-state index < -0.39 is 23.8 Å². The van der Waals surface area contributed by atoms with E-state index in [0.29, 0.717) is 13.0 Å². The van der Waals surface area contributed by atoms with Crippen molar-refractivity contribution in [3.63, 3.8) is 0 Å². The highest BCUT2D eigenvalue weighted by molar-refractivity contribution is 5.82. The van der Waals surface area contributed by atoms with Gasteiger partial charge in [-0.2, -0.15) is 0 Å². The summed E-state index contributed by atoms with van der Waals surface area (Å²) in [6.07, 6.45) is -0.336. The van der Waals surface area contributed by atoms with E-state index in [1.807, 2.05) is 30.3 Å². The molecule has 0 saturated carbocycles. The van der Waals surface area contributed by atoms with Crippen LogP contribution in [0.5, 0.6) is 0 Å². The van der Waals surface area contributed by atoms with Gasteiger partial charge in [-0.3, -0.25) is 9.59 Å². The number of halogens is 1. The average molecular weight is 527 g/mol. The average Bonchev–Trinajstić information content (AvgIpc) is 3.46. The fourth-order valence-corrected chi connectivity index (χ4v) is 5.01. The normalized spacial score (nSPS) is 20.8. The zero-order valence-corrected chi connectivity index (χ0v) is 22.1. The zero-order valence-electron chi connectivity index (χ0n) is 22.1. The standard InChI is InChI=1S/C29H35FN2O6/c1-29(2,3)38-26(34)14-13-25(33)32-17-24(36-18-21-9-11-22(30)12-10-21)27-23(32)15-16-31(27)28(35)37-19-20-7-5-4-6-8-20/h4-12,23-24,27H,13-19H2,1-3H3/t23-,24+,27+/m1/s1. The number of carbonyl (C=O) groups is 3.